The standard InChI is InChI=1S/C23H24N6O3/c1-30-18-10-15(11-19(31-2)21(18)32-3)20-23(29-22(28-20)16(12-25)13-26-29)27-17-6-4-14(5-7-17)8-9-24/h4-7,10-11,13,26-27H,8-9,24H2,1-3H3. The second kappa shape index (κ2) is 8.91. The molecule has 0 fully saturated rings. The Morgan fingerprint density at radius 1 is 1.09 bits per heavy atom. The van der Waals surface area contributed by atoms with Crippen LogP contribution in [0.3, 0.4) is 0 Å². The van der Waals surface area contributed by atoms with Crippen molar-refractivity contribution >= 4 is 17.2 Å². The Bertz CT molecular complexity index is 1260. The van der Waals surface area contributed by atoms with Crippen LogP contribution in [0.5, 0.6) is 17.2 Å². The van der Waals surface area contributed by atoms with Gasteiger partial charge in [-0.2, -0.15) is 5.26 Å². The maximum Gasteiger partial charge on any atom is 0.203 e. The van der Waals surface area contributed by atoms with Crippen molar-refractivity contribution in [2.45, 2.75) is 6.42 Å². The molecular weight excluding hydrogens is 408 g/mol. The number of imidazole rings is 1. The Hall–Kier alpha value is -4.16. The molecular formula is C23H24N6O3. The van der Waals surface area contributed by atoms with Crippen molar-refractivity contribution in [1.82, 2.24) is 14.6 Å². The molecule has 0 saturated carbocycles. The minimum absolute atomic E-state index is 0.435. The van der Waals surface area contributed by atoms with E-state index in [1.807, 2.05) is 36.4 Å². The zero-order valence-electron chi connectivity index (χ0n) is 18.1. The molecule has 0 aliphatic heterocycles. The summed E-state index contributed by atoms with van der Waals surface area (Å²) in [5.41, 5.74) is 9.99. The van der Waals surface area contributed by atoms with E-state index in [2.05, 4.69) is 16.5 Å². The van der Waals surface area contributed by atoms with Gasteiger partial charge in [0.1, 0.15) is 17.3 Å². The van der Waals surface area contributed by atoms with Gasteiger partial charge in [0.2, 0.25) is 5.75 Å². The minimum Gasteiger partial charge on any atom is -0.493 e. The monoisotopic (exact) mass is 432 g/mol. The van der Waals surface area contributed by atoms with Crippen molar-refractivity contribution in [2.24, 2.45) is 5.73 Å². The molecule has 0 aliphatic rings. The van der Waals surface area contributed by atoms with Crippen LogP contribution in [0, 0.1) is 11.3 Å². The van der Waals surface area contributed by atoms with E-state index in [-0.39, 0.29) is 0 Å². The van der Waals surface area contributed by atoms with Crippen LogP contribution in [0.25, 0.3) is 16.9 Å². The highest BCUT2D eigenvalue weighted by atomic mass is 16.5. The molecule has 2 aromatic heterocycles. The lowest BCUT2D eigenvalue weighted by atomic mass is 10.1. The first-order chi connectivity index (χ1) is 15.6. The van der Waals surface area contributed by atoms with Gasteiger partial charge in [0.05, 0.1) is 21.3 Å². The average Bonchev–Trinajstić information content (AvgIpc) is 3.39. The molecule has 2 aromatic carbocycles. The van der Waals surface area contributed by atoms with Crippen molar-refractivity contribution in [1.29, 1.82) is 5.26 Å². The predicted molar refractivity (Wildman–Crippen MR) is 122 cm³/mol. The van der Waals surface area contributed by atoms with Gasteiger partial charge in [-0.15, -0.1) is 0 Å². The molecule has 0 amide bonds. The highest BCUT2D eigenvalue weighted by Gasteiger charge is 2.22. The van der Waals surface area contributed by atoms with Crippen LogP contribution in [0.2, 0.25) is 0 Å². The zero-order chi connectivity index (χ0) is 22.7. The fourth-order valence-electron chi connectivity index (χ4n) is 3.60. The van der Waals surface area contributed by atoms with Gasteiger partial charge < -0.3 is 25.3 Å². The van der Waals surface area contributed by atoms with Gasteiger partial charge in [-0.25, -0.2) is 9.50 Å². The van der Waals surface area contributed by atoms with E-state index in [1.54, 1.807) is 32.0 Å². The molecule has 9 nitrogen and oxygen atoms in total. The molecule has 4 N–H and O–H groups in total. The highest BCUT2D eigenvalue weighted by molar-refractivity contribution is 5.83. The fraction of sp³-hybridized carbons (Fsp3) is 0.217. The van der Waals surface area contributed by atoms with Gasteiger partial charge >= 0.3 is 0 Å². The first-order valence-electron chi connectivity index (χ1n) is 9.99. The van der Waals surface area contributed by atoms with Crippen LogP contribution in [0.15, 0.2) is 42.6 Å². The van der Waals surface area contributed by atoms with Crippen LogP contribution in [0.1, 0.15) is 11.1 Å². The Morgan fingerprint density at radius 2 is 1.78 bits per heavy atom. The Morgan fingerprint density at radius 3 is 2.34 bits per heavy atom. The van der Waals surface area contributed by atoms with Gasteiger partial charge in [-0.05, 0) is 42.8 Å². The molecule has 4 aromatic rings. The molecule has 164 valence electrons. The Balaban J connectivity index is 1.86. The summed E-state index contributed by atoms with van der Waals surface area (Å²) in [5.74, 6) is 2.18. The molecule has 0 unspecified atom stereocenters. The largest absolute Gasteiger partial charge is 0.493 e. The number of anilines is 2. The quantitative estimate of drug-likeness (QED) is 0.390. The summed E-state index contributed by atoms with van der Waals surface area (Å²) in [7, 11) is 4.68. The van der Waals surface area contributed by atoms with E-state index in [0.29, 0.717) is 46.5 Å². The normalized spacial score (nSPS) is 10.7. The van der Waals surface area contributed by atoms with E-state index < -0.39 is 0 Å². The number of hydrogen-bond acceptors (Lipinski definition) is 7. The number of nitrogens with two attached hydrogens (primary N) is 1. The number of rotatable bonds is 8. The van der Waals surface area contributed by atoms with Crippen LogP contribution >= 0.6 is 0 Å². The molecule has 9 heteroatoms. The topological polar surface area (TPSA) is 123 Å². The summed E-state index contributed by atoms with van der Waals surface area (Å²) in [6.45, 7) is 0.598. The minimum atomic E-state index is 0.435. The maximum atomic E-state index is 9.49. The van der Waals surface area contributed by atoms with Crippen LogP contribution in [0.4, 0.5) is 11.5 Å². The molecule has 0 radical (unpaired) electrons. The van der Waals surface area contributed by atoms with Crippen molar-refractivity contribution in [3.8, 4) is 34.6 Å². The third kappa shape index (κ3) is 3.68. The molecule has 0 spiro atoms. The lowest BCUT2D eigenvalue weighted by Gasteiger charge is -2.14. The predicted octanol–water partition coefficient (Wildman–Crippen LogP) is 3.47. The van der Waals surface area contributed by atoms with Crippen molar-refractivity contribution < 1.29 is 14.2 Å². The number of fused-ring (bicyclic) bond motifs is 1. The number of nitriles is 1. The van der Waals surface area contributed by atoms with E-state index in [4.69, 9.17) is 24.9 Å². The van der Waals surface area contributed by atoms with Crippen LogP contribution in [-0.2, 0) is 6.42 Å². The summed E-state index contributed by atoms with van der Waals surface area (Å²) in [4.78, 5) is 4.74. The summed E-state index contributed by atoms with van der Waals surface area (Å²) in [6.07, 6.45) is 2.44. The Kier molecular flexibility index (Phi) is 5.87. The number of ether oxygens (including phenoxy) is 3. The smallest absolute Gasteiger partial charge is 0.203 e. The second-order valence-electron chi connectivity index (χ2n) is 7.04. The van der Waals surface area contributed by atoms with E-state index >= 15 is 0 Å². The number of aromatic amines is 1. The molecule has 32 heavy (non-hydrogen) atoms. The Labute approximate surface area is 185 Å². The van der Waals surface area contributed by atoms with Crippen LogP contribution < -0.4 is 25.3 Å². The molecule has 0 saturated heterocycles. The molecule has 4 rings (SSSR count). The number of hydrogen-bond donors (Lipinski definition) is 3. The van der Waals surface area contributed by atoms with Gasteiger partial charge in [-0.1, -0.05) is 12.1 Å². The van der Waals surface area contributed by atoms with Gasteiger partial charge in [0.15, 0.2) is 23.0 Å². The first kappa shape index (κ1) is 21.1. The molecule has 2 heterocycles. The summed E-state index contributed by atoms with van der Waals surface area (Å²) < 4.78 is 18.2. The lowest BCUT2D eigenvalue weighted by Crippen LogP contribution is -2.03. The first-order valence-corrected chi connectivity index (χ1v) is 9.99. The number of nitrogens with zero attached hydrogens (tertiary/aromatic N) is 3. The highest BCUT2D eigenvalue weighted by Crippen LogP contribution is 2.43. The van der Waals surface area contributed by atoms with Gasteiger partial charge in [-0.3, -0.25) is 5.10 Å². The second-order valence-corrected chi connectivity index (χ2v) is 7.04. The third-order valence-electron chi connectivity index (χ3n) is 5.16. The molecule has 0 aliphatic carbocycles. The molecule has 0 atom stereocenters. The maximum absolute atomic E-state index is 9.49. The van der Waals surface area contributed by atoms with Crippen molar-refractivity contribution in [2.75, 3.05) is 33.2 Å². The number of H-pyrrole nitrogens is 1. The van der Waals surface area contributed by atoms with E-state index in [9.17, 15) is 5.26 Å². The average molecular weight is 432 g/mol. The van der Waals surface area contributed by atoms with Gasteiger partial charge in [0.25, 0.3) is 0 Å². The zero-order valence-corrected chi connectivity index (χ0v) is 18.1. The van der Waals surface area contributed by atoms with E-state index in [0.717, 1.165) is 23.2 Å². The SMILES string of the molecule is COc1cc(-c2nc3c(C#N)c[nH]n3c2Nc2ccc(CCN)cc2)cc(OC)c1OC. The number of nitrogens with one attached hydrogen (secondary N) is 2. The summed E-state index contributed by atoms with van der Waals surface area (Å²) >= 11 is 0. The van der Waals surface area contributed by atoms with Crippen molar-refractivity contribution in [3.05, 3.63) is 53.7 Å². The van der Waals surface area contributed by atoms with Crippen molar-refractivity contribution in [3.63, 3.8) is 0 Å². The molecule has 0 bridgehead atoms. The fourth-order valence-corrected chi connectivity index (χ4v) is 3.60. The number of methoxy groups -OCH3 is 3. The number of aromatic nitrogens is 3. The number of benzene rings is 2. The van der Waals surface area contributed by atoms with Gasteiger partial charge in [0, 0.05) is 17.4 Å². The summed E-state index contributed by atoms with van der Waals surface area (Å²) in [5, 5.41) is 16.0. The van der Waals surface area contributed by atoms with Crippen LogP contribution in [-0.4, -0.2) is 42.5 Å². The lowest BCUT2D eigenvalue weighted by molar-refractivity contribution is 0.324. The summed E-state index contributed by atoms with van der Waals surface area (Å²) in [6, 6.07) is 13.8. The van der Waals surface area contributed by atoms with E-state index in [1.165, 1.54) is 0 Å². The third-order valence-corrected chi connectivity index (χ3v) is 5.16.